The highest BCUT2D eigenvalue weighted by Crippen LogP contribution is 2.31. The summed E-state index contributed by atoms with van der Waals surface area (Å²) in [5.74, 6) is 1.01. The van der Waals surface area contributed by atoms with Crippen molar-refractivity contribution in [2.45, 2.75) is 46.8 Å². The molecule has 8 heteroatoms. The summed E-state index contributed by atoms with van der Waals surface area (Å²) in [5, 5.41) is 0. The van der Waals surface area contributed by atoms with Crippen molar-refractivity contribution in [3.05, 3.63) is 90.6 Å². The predicted molar refractivity (Wildman–Crippen MR) is 140 cm³/mol. The van der Waals surface area contributed by atoms with Crippen molar-refractivity contribution < 1.29 is 19.0 Å². The molecule has 4 rings (SSSR count). The van der Waals surface area contributed by atoms with E-state index in [2.05, 4.69) is 4.99 Å². The molecule has 188 valence electrons. The normalized spacial score (nSPS) is 15.5. The standard InChI is InChI=1S/C28H30N2O5S/c1-6-33-21-12-8-19(9-13-21)16-23-26(31)30-25(20-10-14-22(15-11-20)35-17(3)4)24(27(32)34-7-2)18(5)29-28(30)36-23/h8-17,25H,6-7H2,1-5H3/b23-16-/t25-/m1/s1. The van der Waals surface area contributed by atoms with Crippen LogP contribution >= 0.6 is 11.3 Å². The minimum atomic E-state index is -0.657. The van der Waals surface area contributed by atoms with Crippen LogP contribution in [0.3, 0.4) is 0 Å². The van der Waals surface area contributed by atoms with Crippen molar-refractivity contribution in [2.24, 2.45) is 4.99 Å². The number of nitrogens with zero attached hydrogens (tertiary/aromatic N) is 2. The molecule has 0 fully saturated rings. The summed E-state index contributed by atoms with van der Waals surface area (Å²) < 4.78 is 18.8. The molecule has 0 radical (unpaired) electrons. The van der Waals surface area contributed by atoms with E-state index in [1.807, 2.05) is 75.4 Å². The topological polar surface area (TPSA) is 79.1 Å². The van der Waals surface area contributed by atoms with E-state index < -0.39 is 12.0 Å². The van der Waals surface area contributed by atoms with Crippen molar-refractivity contribution in [1.82, 2.24) is 4.57 Å². The van der Waals surface area contributed by atoms with Crippen molar-refractivity contribution in [3.8, 4) is 11.5 Å². The van der Waals surface area contributed by atoms with Crippen molar-refractivity contribution in [2.75, 3.05) is 13.2 Å². The number of thiazole rings is 1. The smallest absolute Gasteiger partial charge is 0.338 e. The summed E-state index contributed by atoms with van der Waals surface area (Å²) in [7, 11) is 0. The van der Waals surface area contributed by atoms with Crippen LogP contribution in [0.5, 0.6) is 11.5 Å². The zero-order valence-electron chi connectivity index (χ0n) is 21.1. The quantitative estimate of drug-likeness (QED) is 0.432. The number of benzene rings is 2. The van der Waals surface area contributed by atoms with Gasteiger partial charge in [-0.1, -0.05) is 35.6 Å². The monoisotopic (exact) mass is 506 g/mol. The Bertz CT molecular complexity index is 1450. The molecule has 0 bridgehead atoms. The highest BCUT2D eigenvalue weighted by Gasteiger charge is 2.33. The summed E-state index contributed by atoms with van der Waals surface area (Å²) in [5.41, 5.74) is 2.33. The Morgan fingerprint density at radius 3 is 2.33 bits per heavy atom. The second kappa shape index (κ2) is 11.0. The summed E-state index contributed by atoms with van der Waals surface area (Å²) in [6.07, 6.45) is 1.87. The molecule has 0 saturated carbocycles. The lowest BCUT2D eigenvalue weighted by Gasteiger charge is -2.25. The molecule has 0 unspecified atom stereocenters. The Hall–Kier alpha value is -3.65. The van der Waals surface area contributed by atoms with Gasteiger partial charge >= 0.3 is 5.97 Å². The molecular formula is C28H30N2O5S. The van der Waals surface area contributed by atoms with E-state index in [4.69, 9.17) is 14.2 Å². The summed E-state index contributed by atoms with van der Waals surface area (Å²) in [4.78, 5) is 31.8. The molecule has 0 aliphatic carbocycles. The zero-order valence-corrected chi connectivity index (χ0v) is 21.9. The summed E-state index contributed by atoms with van der Waals surface area (Å²) in [6.45, 7) is 10.2. The SMILES string of the molecule is CCOC(=O)C1=C(C)N=c2s/c(=C\c3ccc(OCC)cc3)c(=O)n2[C@@H]1c1ccc(OC(C)C)cc1. The highest BCUT2D eigenvalue weighted by atomic mass is 32.1. The molecule has 36 heavy (non-hydrogen) atoms. The Morgan fingerprint density at radius 2 is 1.72 bits per heavy atom. The molecule has 1 aromatic heterocycles. The number of ether oxygens (including phenoxy) is 3. The van der Waals surface area contributed by atoms with Gasteiger partial charge in [-0.25, -0.2) is 9.79 Å². The Kier molecular flexibility index (Phi) is 7.74. The minimum Gasteiger partial charge on any atom is -0.494 e. The molecule has 1 aliphatic heterocycles. The van der Waals surface area contributed by atoms with E-state index in [1.54, 1.807) is 18.4 Å². The van der Waals surface area contributed by atoms with E-state index in [0.29, 0.717) is 27.2 Å². The first-order chi connectivity index (χ1) is 17.3. The second-order valence-electron chi connectivity index (χ2n) is 8.54. The van der Waals surface area contributed by atoms with Crippen LogP contribution in [0.1, 0.15) is 51.8 Å². The maximum atomic E-state index is 13.7. The van der Waals surface area contributed by atoms with Crippen LogP contribution in [0, 0.1) is 0 Å². The number of carbonyl (C=O) groups is 1. The average Bonchev–Trinajstić information content (AvgIpc) is 3.14. The molecule has 0 saturated heterocycles. The summed E-state index contributed by atoms with van der Waals surface area (Å²) >= 11 is 1.30. The maximum Gasteiger partial charge on any atom is 0.338 e. The van der Waals surface area contributed by atoms with E-state index in [9.17, 15) is 9.59 Å². The molecule has 0 N–H and O–H groups in total. The first-order valence-electron chi connectivity index (χ1n) is 12.0. The number of allylic oxidation sites excluding steroid dienone is 1. The molecular weight excluding hydrogens is 476 g/mol. The maximum absolute atomic E-state index is 13.7. The molecule has 0 amide bonds. The second-order valence-corrected chi connectivity index (χ2v) is 9.55. The number of fused-ring (bicyclic) bond motifs is 1. The number of hydrogen-bond donors (Lipinski definition) is 0. The highest BCUT2D eigenvalue weighted by molar-refractivity contribution is 7.07. The largest absolute Gasteiger partial charge is 0.494 e. The third-order valence-corrected chi connectivity index (χ3v) is 6.56. The van der Waals surface area contributed by atoms with Gasteiger partial charge in [-0.15, -0.1) is 0 Å². The third kappa shape index (κ3) is 5.28. The fraction of sp³-hybridized carbons (Fsp3) is 0.321. The van der Waals surface area contributed by atoms with Gasteiger partial charge in [-0.05, 0) is 76.1 Å². The van der Waals surface area contributed by atoms with Crippen LogP contribution in [-0.4, -0.2) is 29.9 Å². The number of hydrogen-bond acceptors (Lipinski definition) is 7. The van der Waals surface area contributed by atoms with Gasteiger partial charge in [0.15, 0.2) is 4.80 Å². The van der Waals surface area contributed by atoms with Crippen LogP contribution in [0.25, 0.3) is 6.08 Å². The summed E-state index contributed by atoms with van der Waals surface area (Å²) in [6, 6.07) is 14.4. The fourth-order valence-electron chi connectivity index (χ4n) is 4.09. The van der Waals surface area contributed by atoms with Gasteiger partial charge in [0.25, 0.3) is 5.56 Å². The van der Waals surface area contributed by atoms with Gasteiger partial charge in [0.05, 0.1) is 41.2 Å². The lowest BCUT2D eigenvalue weighted by molar-refractivity contribution is -0.139. The Balaban J connectivity index is 1.84. The van der Waals surface area contributed by atoms with Gasteiger partial charge in [-0.3, -0.25) is 9.36 Å². The van der Waals surface area contributed by atoms with Gasteiger partial charge in [0.2, 0.25) is 0 Å². The lowest BCUT2D eigenvalue weighted by Crippen LogP contribution is -2.39. The first-order valence-corrected chi connectivity index (χ1v) is 12.8. The van der Waals surface area contributed by atoms with Crippen LogP contribution in [0.2, 0.25) is 0 Å². The lowest BCUT2D eigenvalue weighted by atomic mass is 9.96. The molecule has 3 aromatic rings. The molecule has 1 aliphatic rings. The number of aromatic nitrogens is 1. The van der Waals surface area contributed by atoms with Gasteiger partial charge in [0.1, 0.15) is 11.5 Å². The van der Waals surface area contributed by atoms with Crippen molar-refractivity contribution in [1.29, 1.82) is 0 Å². The molecule has 7 nitrogen and oxygen atoms in total. The zero-order chi connectivity index (χ0) is 25.8. The number of esters is 1. The van der Waals surface area contributed by atoms with Crippen LogP contribution in [-0.2, 0) is 9.53 Å². The van der Waals surface area contributed by atoms with Gasteiger partial charge < -0.3 is 14.2 Å². The van der Waals surface area contributed by atoms with E-state index in [0.717, 1.165) is 22.6 Å². The van der Waals surface area contributed by atoms with E-state index in [1.165, 1.54) is 11.3 Å². The average molecular weight is 507 g/mol. The predicted octanol–water partition coefficient (Wildman–Crippen LogP) is 3.98. The number of carbonyl (C=O) groups excluding carboxylic acids is 1. The third-order valence-electron chi connectivity index (χ3n) is 5.57. The molecule has 2 aromatic carbocycles. The first kappa shape index (κ1) is 25.4. The molecule has 1 atom stereocenters. The minimum absolute atomic E-state index is 0.0355. The van der Waals surface area contributed by atoms with Crippen molar-refractivity contribution in [3.63, 3.8) is 0 Å². The number of rotatable bonds is 8. The Morgan fingerprint density at radius 1 is 1.06 bits per heavy atom. The molecule has 2 heterocycles. The van der Waals surface area contributed by atoms with Crippen LogP contribution < -0.4 is 24.4 Å². The van der Waals surface area contributed by atoms with E-state index >= 15 is 0 Å². The van der Waals surface area contributed by atoms with E-state index in [-0.39, 0.29) is 18.3 Å². The van der Waals surface area contributed by atoms with Crippen LogP contribution in [0.4, 0.5) is 0 Å². The fourth-order valence-corrected chi connectivity index (χ4v) is 5.13. The Labute approximate surface area is 214 Å². The molecule has 0 spiro atoms. The van der Waals surface area contributed by atoms with Gasteiger partial charge in [0, 0.05) is 0 Å². The van der Waals surface area contributed by atoms with Crippen LogP contribution in [0.15, 0.2) is 69.6 Å². The van der Waals surface area contributed by atoms with Gasteiger partial charge in [-0.2, -0.15) is 0 Å². The van der Waals surface area contributed by atoms with Crippen molar-refractivity contribution >= 4 is 23.4 Å².